The Hall–Kier alpha value is -4.22. The second kappa shape index (κ2) is 7.80. The predicted molar refractivity (Wildman–Crippen MR) is 113 cm³/mol. The van der Waals surface area contributed by atoms with Crippen LogP contribution in [-0.2, 0) is 0 Å². The maximum atomic E-state index is 9.64. The third kappa shape index (κ3) is 3.63. The van der Waals surface area contributed by atoms with Crippen molar-refractivity contribution < 1.29 is 0 Å². The fraction of sp³-hybridized carbons (Fsp3) is 0.0833. The number of hydrogen-bond donors (Lipinski definition) is 1. The molecule has 138 valence electrons. The molecule has 2 aromatic heterocycles. The lowest BCUT2D eigenvalue weighted by Gasteiger charge is -2.18. The summed E-state index contributed by atoms with van der Waals surface area (Å²) in [4.78, 5) is 8.58. The summed E-state index contributed by atoms with van der Waals surface area (Å²) in [6.07, 6.45) is 4.86. The van der Waals surface area contributed by atoms with Crippen LogP contribution in [0.3, 0.4) is 0 Å². The Labute approximate surface area is 168 Å². The molecule has 0 bridgehead atoms. The van der Waals surface area contributed by atoms with Gasteiger partial charge in [-0.1, -0.05) is 36.4 Å². The van der Waals surface area contributed by atoms with Gasteiger partial charge in [-0.3, -0.25) is 9.97 Å². The number of pyridine rings is 2. The van der Waals surface area contributed by atoms with Gasteiger partial charge in [-0.2, -0.15) is 10.5 Å². The number of aromatic nitrogens is 2. The summed E-state index contributed by atoms with van der Waals surface area (Å²) in [6.45, 7) is 2.06. The molecule has 0 aliphatic rings. The van der Waals surface area contributed by atoms with Crippen LogP contribution in [0.4, 0.5) is 5.69 Å². The van der Waals surface area contributed by atoms with Crippen molar-refractivity contribution in [1.29, 1.82) is 10.5 Å². The normalized spacial score (nSPS) is 11.4. The van der Waals surface area contributed by atoms with Gasteiger partial charge < -0.3 is 5.32 Å². The Bertz CT molecular complexity index is 1270. The van der Waals surface area contributed by atoms with E-state index in [1.54, 1.807) is 18.5 Å². The monoisotopic (exact) mass is 375 g/mol. The first kappa shape index (κ1) is 18.2. The van der Waals surface area contributed by atoms with Crippen LogP contribution in [0, 0.1) is 22.7 Å². The summed E-state index contributed by atoms with van der Waals surface area (Å²) in [5.41, 5.74) is 5.41. The van der Waals surface area contributed by atoms with Crippen molar-refractivity contribution in [2.45, 2.75) is 13.0 Å². The molecule has 1 N–H and O–H groups in total. The van der Waals surface area contributed by atoms with Gasteiger partial charge in [0.05, 0.1) is 22.3 Å². The molecule has 0 amide bonds. The van der Waals surface area contributed by atoms with Gasteiger partial charge in [-0.25, -0.2) is 0 Å². The highest BCUT2D eigenvalue weighted by atomic mass is 14.9. The standard InChI is InChI=1S/C24H17N5/c1-16(18-5-3-2-4-6-18)29-24-21(12-26)15-28-23-8-7-19(10-22(23)24)20-9-17(11-25)13-27-14-20/h2-10,13-16H,1H3,(H,28,29). The van der Waals surface area contributed by atoms with Crippen LogP contribution in [0.2, 0.25) is 0 Å². The molecule has 4 aromatic rings. The summed E-state index contributed by atoms with van der Waals surface area (Å²) in [5, 5.41) is 23.1. The van der Waals surface area contributed by atoms with Crippen molar-refractivity contribution in [3.05, 3.63) is 89.9 Å². The molecule has 5 heteroatoms. The number of nitriles is 2. The smallest absolute Gasteiger partial charge is 0.103 e. The molecular formula is C24H17N5. The molecule has 0 saturated carbocycles. The van der Waals surface area contributed by atoms with Crippen LogP contribution in [-0.4, -0.2) is 9.97 Å². The molecule has 29 heavy (non-hydrogen) atoms. The van der Waals surface area contributed by atoms with Crippen LogP contribution >= 0.6 is 0 Å². The summed E-state index contributed by atoms with van der Waals surface area (Å²) < 4.78 is 0. The summed E-state index contributed by atoms with van der Waals surface area (Å²) in [7, 11) is 0. The SMILES string of the molecule is CC(Nc1c(C#N)cnc2ccc(-c3cncc(C#N)c3)cc12)c1ccccc1. The van der Waals surface area contributed by atoms with Crippen LogP contribution in [0.15, 0.2) is 73.2 Å². The number of nitrogens with one attached hydrogen (secondary N) is 1. The van der Waals surface area contributed by atoms with E-state index < -0.39 is 0 Å². The molecule has 0 spiro atoms. The van der Waals surface area contributed by atoms with Gasteiger partial charge in [0.2, 0.25) is 0 Å². The highest BCUT2D eigenvalue weighted by molar-refractivity contribution is 5.96. The zero-order valence-corrected chi connectivity index (χ0v) is 15.8. The molecule has 0 saturated heterocycles. The van der Waals surface area contributed by atoms with Crippen molar-refractivity contribution in [2.75, 3.05) is 5.32 Å². The van der Waals surface area contributed by atoms with Gasteiger partial charge >= 0.3 is 0 Å². The van der Waals surface area contributed by atoms with E-state index in [9.17, 15) is 5.26 Å². The van der Waals surface area contributed by atoms with Gasteiger partial charge in [0.25, 0.3) is 0 Å². The minimum absolute atomic E-state index is 0.0149. The van der Waals surface area contributed by atoms with E-state index in [0.29, 0.717) is 11.1 Å². The second-order valence-corrected chi connectivity index (χ2v) is 6.74. The number of fused-ring (bicyclic) bond motifs is 1. The Morgan fingerprint density at radius 3 is 2.48 bits per heavy atom. The largest absolute Gasteiger partial charge is 0.377 e. The molecule has 5 nitrogen and oxygen atoms in total. The van der Waals surface area contributed by atoms with E-state index in [1.807, 2.05) is 36.4 Å². The summed E-state index contributed by atoms with van der Waals surface area (Å²) in [5.74, 6) is 0. The van der Waals surface area contributed by atoms with E-state index >= 15 is 0 Å². The van der Waals surface area contributed by atoms with Crippen molar-refractivity contribution in [1.82, 2.24) is 9.97 Å². The van der Waals surface area contributed by atoms with E-state index in [2.05, 4.69) is 46.5 Å². The van der Waals surface area contributed by atoms with E-state index in [0.717, 1.165) is 33.3 Å². The van der Waals surface area contributed by atoms with Crippen molar-refractivity contribution in [3.8, 4) is 23.3 Å². The molecule has 0 aliphatic carbocycles. The fourth-order valence-electron chi connectivity index (χ4n) is 3.31. The number of benzene rings is 2. The quantitative estimate of drug-likeness (QED) is 0.529. The van der Waals surface area contributed by atoms with Crippen LogP contribution in [0.25, 0.3) is 22.0 Å². The van der Waals surface area contributed by atoms with Crippen LogP contribution in [0.5, 0.6) is 0 Å². The maximum Gasteiger partial charge on any atom is 0.103 e. The predicted octanol–water partition coefficient (Wildman–Crippen LogP) is 5.21. The molecule has 1 unspecified atom stereocenters. The molecule has 2 heterocycles. The van der Waals surface area contributed by atoms with E-state index in [-0.39, 0.29) is 6.04 Å². The number of hydrogen-bond acceptors (Lipinski definition) is 5. The topological polar surface area (TPSA) is 85.4 Å². The van der Waals surface area contributed by atoms with Gasteiger partial charge in [-0.15, -0.1) is 0 Å². The Morgan fingerprint density at radius 1 is 0.897 bits per heavy atom. The molecule has 2 aromatic carbocycles. The number of nitrogens with zero attached hydrogens (tertiary/aromatic N) is 4. The van der Waals surface area contributed by atoms with Crippen molar-refractivity contribution in [2.24, 2.45) is 0 Å². The highest BCUT2D eigenvalue weighted by Crippen LogP contribution is 2.32. The maximum absolute atomic E-state index is 9.64. The Morgan fingerprint density at radius 2 is 1.72 bits per heavy atom. The molecule has 4 rings (SSSR count). The lowest BCUT2D eigenvalue weighted by molar-refractivity contribution is 0.885. The second-order valence-electron chi connectivity index (χ2n) is 6.74. The molecule has 1 atom stereocenters. The molecule has 0 radical (unpaired) electrons. The van der Waals surface area contributed by atoms with Gasteiger partial charge in [0.15, 0.2) is 0 Å². The number of rotatable bonds is 4. The van der Waals surface area contributed by atoms with Crippen molar-refractivity contribution in [3.63, 3.8) is 0 Å². The molecular weight excluding hydrogens is 358 g/mol. The Kier molecular flexibility index (Phi) is 4.88. The zero-order valence-electron chi connectivity index (χ0n) is 15.8. The lowest BCUT2D eigenvalue weighted by atomic mass is 10.0. The van der Waals surface area contributed by atoms with Crippen molar-refractivity contribution >= 4 is 16.6 Å². The third-order valence-corrected chi connectivity index (χ3v) is 4.85. The lowest BCUT2D eigenvalue weighted by Crippen LogP contribution is -2.08. The first-order chi connectivity index (χ1) is 14.2. The van der Waals surface area contributed by atoms with E-state index in [4.69, 9.17) is 5.26 Å². The van der Waals surface area contributed by atoms with Gasteiger partial charge in [0, 0.05) is 35.6 Å². The van der Waals surface area contributed by atoms with Crippen LogP contribution in [0.1, 0.15) is 29.7 Å². The summed E-state index contributed by atoms with van der Waals surface area (Å²) >= 11 is 0. The molecule has 0 fully saturated rings. The average molecular weight is 375 g/mol. The summed E-state index contributed by atoms with van der Waals surface area (Å²) in [6, 6.07) is 22.1. The first-order valence-corrected chi connectivity index (χ1v) is 9.19. The van der Waals surface area contributed by atoms with Crippen LogP contribution < -0.4 is 5.32 Å². The fourth-order valence-corrected chi connectivity index (χ4v) is 3.31. The van der Waals surface area contributed by atoms with E-state index in [1.165, 1.54) is 6.20 Å². The molecule has 0 aliphatic heterocycles. The van der Waals surface area contributed by atoms with Gasteiger partial charge in [0.1, 0.15) is 12.1 Å². The first-order valence-electron chi connectivity index (χ1n) is 9.19. The number of anilines is 1. The average Bonchev–Trinajstić information content (AvgIpc) is 2.79. The highest BCUT2D eigenvalue weighted by Gasteiger charge is 2.14. The third-order valence-electron chi connectivity index (χ3n) is 4.85. The minimum atomic E-state index is 0.0149. The minimum Gasteiger partial charge on any atom is -0.377 e. The van der Waals surface area contributed by atoms with Gasteiger partial charge in [-0.05, 0) is 36.2 Å². The Balaban J connectivity index is 1.83. The zero-order chi connectivity index (χ0) is 20.2.